The van der Waals surface area contributed by atoms with Crippen molar-refractivity contribution in [3.8, 4) is 0 Å². The molecule has 0 unspecified atom stereocenters. The lowest BCUT2D eigenvalue weighted by Crippen LogP contribution is -1.94. The Hall–Kier alpha value is -1.62. The van der Waals surface area contributed by atoms with Gasteiger partial charge in [0.1, 0.15) is 12.0 Å². The van der Waals surface area contributed by atoms with Crippen LogP contribution in [0, 0.1) is 6.92 Å². The molecule has 0 aliphatic heterocycles. The normalized spacial score (nSPS) is 10.5. The van der Waals surface area contributed by atoms with E-state index < -0.39 is 0 Å². The first-order valence-electron chi connectivity index (χ1n) is 3.51. The van der Waals surface area contributed by atoms with Gasteiger partial charge in [0, 0.05) is 6.20 Å². The highest BCUT2D eigenvalue weighted by Crippen LogP contribution is 2.21. The van der Waals surface area contributed by atoms with Crippen LogP contribution in [0.15, 0.2) is 12.5 Å². The summed E-state index contributed by atoms with van der Waals surface area (Å²) in [7, 11) is 0. The lowest BCUT2D eigenvalue weighted by atomic mass is 10.2. The molecule has 12 heavy (non-hydrogen) atoms. The van der Waals surface area contributed by atoms with Crippen molar-refractivity contribution in [2.24, 2.45) is 0 Å². The quantitative estimate of drug-likeness (QED) is 0.551. The average Bonchev–Trinajstić information content (AvgIpc) is 2.48. The van der Waals surface area contributed by atoms with E-state index in [-0.39, 0.29) is 0 Å². The van der Waals surface area contributed by atoms with E-state index in [0.29, 0.717) is 5.82 Å². The van der Waals surface area contributed by atoms with Gasteiger partial charge in [-0.3, -0.25) is 10.7 Å². The molecule has 0 aromatic carbocycles. The van der Waals surface area contributed by atoms with Gasteiger partial charge in [-0.15, -0.1) is 0 Å². The van der Waals surface area contributed by atoms with Crippen molar-refractivity contribution in [2.45, 2.75) is 6.92 Å². The Bertz CT molecular complexity index is 409. The summed E-state index contributed by atoms with van der Waals surface area (Å²) in [5.74, 6) is 0.429. The number of nitrogens with zero attached hydrogens (tertiary/aromatic N) is 2. The molecule has 2 aromatic heterocycles. The summed E-state index contributed by atoms with van der Waals surface area (Å²) in [6.45, 7) is 1.92. The molecule has 3 N–H and O–H groups in total. The third-order valence-electron chi connectivity index (χ3n) is 1.77. The summed E-state index contributed by atoms with van der Waals surface area (Å²) in [5, 5.41) is 9.54. The second-order valence-electron chi connectivity index (χ2n) is 2.53. The van der Waals surface area contributed by atoms with Crippen LogP contribution in [0.4, 0.5) is 5.82 Å². The number of hydrogen-bond acceptors (Lipinski definition) is 4. The SMILES string of the molecule is Cc1c[nH]c2ncnc(NO)c12. The molecule has 5 heteroatoms. The number of aryl methyl sites for hydroxylation is 1. The van der Waals surface area contributed by atoms with Gasteiger partial charge < -0.3 is 4.98 Å². The van der Waals surface area contributed by atoms with Crippen LogP contribution in [0.25, 0.3) is 11.0 Å². The van der Waals surface area contributed by atoms with Crippen molar-refractivity contribution >= 4 is 16.9 Å². The van der Waals surface area contributed by atoms with Crippen molar-refractivity contribution in [2.75, 3.05) is 5.48 Å². The zero-order valence-electron chi connectivity index (χ0n) is 6.50. The van der Waals surface area contributed by atoms with Gasteiger partial charge >= 0.3 is 0 Å². The topological polar surface area (TPSA) is 73.8 Å². The Balaban J connectivity index is 2.84. The molecule has 2 heterocycles. The maximum Gasteiger partial charge on any atom is 0.162 e. The summed E-state index contributed by atoms with van der Waals surface area (Å²) >= 11 is 0. The minimum atomic E-state index is 0.429. The van der Waals surface area contributed by atoms with Crippen molar-refractivity contribution in [3.63, 3.8) is 0 Å². The zero-order valence-corrected chi connectivity index (χ0v) is 6.50. The van der Waals surface area contributed by atoms with E-state index in [2.05, 4.69) is 15.0 Å². The molecule has 0 aliphatic carbocycles. The van der Waals surface area contributed by atoms with Gasteiger partial charge in [-0.1, -0.05) is 0 Å². The molecular formula is C7H8N4O. The van der Waals surface area contributed by atoms with Crippen LogP contribution < -0.4 is 5.48 Å². The summed E-state index contributed by atoms with van der Waals surface area (Å²) in [4.78, 5) is 10.8. The van der Waals surface area contributed by atoms with Crippen LogP contribution >= 0.6 is 0 Å². The van der Waals surface area contributed by atoms with E-state index in [9.17, 15) is 0 Å². The molecule has 0 saturated carbocycles. The second kappa shape index (κ2) is 2.46. The summed E-state index contributed by atoms with van der Waals surface area (Å²) in [6, 6.07) is 0. The maximum absolute atomic E-state index is 8.72. The number of fused-ring (bicyclic) bond motifs is 1. The average molecular weight is 164 g/mol. The third kappa shape index (κ3) is 0.835. The Morgan fingerprint density at radius 3 is 3.08 bits per heavy atom. The first-order chi connectivity index (χ1) is 5.83. The molecule has 0 fully saturated rings. The Morgan fingerprint density at radius 1 is 1.50 bits per heavy atom. The number of aromatic nitrogens is 3. The van der Waals surface area contributed by atoms with E-state index in [1.165, 1.54) is 6.33 Å². The summed E-state index contributed by atoms with van der Waals surface area (Å²) in [6.07, 6.45) is 3.21. The molecule has 0 amide bonds. The fourth-order valence-electron chi connectivity index (χ4n) is 1.20. The van der Waals surface area contributed by atoms with E-state index in [0.717, 1.165) is 16.6 Å². The number of nitrogens with one attached hydrogen (secondary N) is 2. The third-order valence-corrected chi connectivity index (χ3v) is 1.77. The monoisotopic (exact) mass is 164 g/mol. The molecular weight excluding hydrogens is 156 g/mol. The first-order valence-corrected chi connectivity index (χ1v) is 3.51. The highest BCUT2D eigenvalue weighted by atomic mass is 16.5. The van der Waals surface area contributed by atoms with E-state index in [4.69, 9.17) is 5.21 Å². The Labute approximate surface area is 68.4 Å². The van der Waals surface area contributed by atoms with Crippen molar-refractivity contribution in [1.82, 2.24) is 15.0 Å². The zero-order chi connectivity index (χ0) is 8.55. The first kappa shape index (κ1) is 7.05. The smallest absolute Gasteiger partial charge is 0.162 e. The van der Waals surface area contributed by atoms with Crippen LogP contribution in [0.2, 0.25) is 0 Å². The van der Waals surface area contributed by atoms with Gasteiger partial charge in [-0.25, -0.2) is 9.97 Å². The molecule has 2 rings (SSSR count). The largest absolute Gasteiger partial charge is 0.346 e. The summed E-state index contributed by atoms with van der Waals surface area (Å²) < 4.78 is 0. The fraction of sp³-hybridized carbons (Fsp3) is 0.143. The Morgan fingerprint density at radius 2 is 2.33 bits per heavy atom. The van der Waals surface area contributed by atoms with Crippen LogP contribution in [-0.2, 0) is 0 Å². The van der Waals surface area contributed by atoms with Crippen LogP contribution in [0.1, 0.15) is 5.56 Å². The summed E-state index contributed by atoms with van der Waals surface area (Å²) in [5.41, 5.74) is 3.75. The highest BCUT2D eigenvalue weighted by molar-refractivity contribution is 5.89. The number of aromatic amines is 1. The molecule has 0 radical (unpaired) electrons. The van der Waals surface area contributed by atoms with Crippen molar-refractivity contribution in [1.29, 1.82) is 0 Å². The Kier molecular flexibility index (Phi) is 1.44. The van der Waals surface area contributed by atoms with Gasteiger partial charge in [-0.2, -0.15) is 0 Å². The van der Waals surface area contributed by atoms with Crippen LogP contribution in [-0.4, -0.2) is 20.2 Å². The predicted molar refractivity (Wildman–Crippen MR) is 44.0 cm³/mol. The number of rotatable bonds is 1. The van der Waals surface area contributed by atoms with Crippen molar-refractivity contribution < 1.29 is 5.21 Å². The van der Waals surface area contributed by atoms with Gasteiger partial charge in [-0.05, 0) is 12.5 Å². The van der Waals surface area contributed by atoms with E-state index in [1.807, 2.05) is 18.6 Å². The van der Waals surface area contributed by atoms with Crippen LogP contribution in [0.5, 0.6) is 0 Å². The second-order valence-corrected chi connectivity index (χ2v) is 2.53. The van der Waals surface area contributed by atoms with Gasteiger partial charge in [0.25, 0.3) is 0 Å². The molecule has 5 nitrogen and oxygen atoms in total. The van der Waals surface area contributed by atoms with E-state index in [1.54, 1.807) is 0 Å². The molecule has 0 saturated heterocycles. The lowest BCUT2D eigenvalue weighted by molar-refractivity contribution is 0.387. The molecule has 0 aliphatic rings. The van der Waals surface area contributed by atoms with Crippen molar-refractivity contribution in [3.05, 3.63) is 18.1 Å². The number of H-pyrrole nitrogens is 1. The standard InChI is InChI=1S/C7H8N4O/c1-4-2-8-6-5(4)7(11-12)10-3-9-6/h2-3,12H,1H3,(H2,8,9,10,11). The highest BCUT2D eigenvalue weighted by Gasteiger charge is 2.05. The van der Waals surface area contributed by atoms with E-state index >= 15 is 0 Å². The van der Waals surface area contributed by atoms with Gasteiger partial charge in [0.05, 0.1) is 5.39 Å². The lowest BCUT2D eigenvalue weighted by Gasteiger charge is -1.98. The minimum Gasteiger partial charge on any atom is -0.346 e. The maximum atomic E-state index is 8.72. The molecule has 62 valence electrons. The van der Waals surface area contributed by atoms with Gasteiger partial charge in [0.2, 0.25) is 0 Å². The molecule has 0 spiro atoms. The van der Waals surface area contributed by atoms with Gasteiger partial charge in [0.15, 0.2) is 5.82 Å². The molecule has 0 bridgehead atoms. The van der Waals surface area contributed by atoms with Crippen LogP contribution in [0.3, 0.4) is 0 Å². The number of anilines is 1. The minimum absolute atomic E-state index is 0.429. The fourth-order valence-corrected chi connectivity index (χ4v) is 1.20. The predicted octanol–water partition coefficient (Wildman–Crippen LogP) is 1.07. The number of hydrogen-bond donors (Lipinski definition) is 3. The molecule has 0 atom stereocenters. The molecule has 2 aromatic rings.